The van der Waals surface area contributed by atoms with Crippen LogP contribution in [0.3, 0.4) is 0 Å². The highest BCUT2D eigenvalue weighted by atomic mass is 16.3. The van der Waals surface area contributed by atoms with E-state index in [1.54, 1.807) is 0 Å². The molecule has 176 valence electrons. The minimum absolute atomic E-state index is 0.0761. The molecule has 0 aliphatic carbocycles. The van der Waals surface area contributed by atoms with E-state index in [4.69, 9.17) is 4.42 Å². The van der Waals surface area contributed by atoms with Gasteiger partial charge in [-0.05, 0) is 47.9 Å². The van der Waals surface area contributed by atoms with E-state index < -0.39 is 0 Å². The third-order valence-corrected chi connectivity index (χ3v) is 6.97. The molecule has 0 radical (unpaired) electrons. The third-order valence-electron chi connectivity index (χ3n) is 6.97. The lowest BCUT2D eigenvalue weighted by molar-refractivity contribution is 0.0523. The number of amides is 2. The maximum Gasteiger partial charge on any atom is 0.289 e. The largest absolute Gasteiger partial charge is 0.451 e. The van der Waals surface area contributed by atoms with Gasteiger partial charge in [-0.1, -0.05) is 54.6 Å². The number of rotatable bonds is 5. The summed E-state index contributed by atoms with van der Waals surface area (Å²) in [5.74, 6) is 0.387. The predicted molar refractivity (Wildman–Crippen MR) is 135 cm³/mol. The number of nitrogens with zero attached hydrogens (tertiary/aromatic N) is 2. The standard InChI is InChI=1S/C29H27N3O3/c33-28(21-9-5-2-6-10-21)31-14-13-24(17-31)30-25-18-32(19-25)29(34)27-16-23-15-22(11-12-26(23)35-27)20-7-3-1-4-8-20/h1-12,15-16,24-25,30H,13-14,17-19H2/t24-/m0/s1. The smallest absolute Gasteiger partial charge is 0.289 e. The summed E-state index contributed by atoms with van der Waals surface area (Å²) in [6.07, 6.45) is 0.927. The maximum absolute atomic E-state index is 13.0. The number of furan rings is 1. The maximum atomic E-state index is 13.0. The number of fused-ring (bicyclic) bond motifs is 1. The number of hydrogen-bond donors (Lipinski definition) is 1. The van der Waals surface area contributed by atoms with Gasteiger partial charge in [-0.3, -0.25) is 9.59 Å². The summed E-state index contributed by atoms with van der Waals surface area (Å²) in [4.78, 5) is 29.4. The molecule has 1 atom stereocenters. The third kappa shape index (κ3) is 4.33. The van der Waals surface area contributed by atoms with Gasteiger partial charge in [0.05, 0.1) is 0 Å². The molecule has 0 spiro atoms. The van der Waals surface area contributed by atoms with Crippen molar-refractivity contribution in [2.75, 3.05) is 26.2 Å². The molecule has 4 aromatic rings. The average molecular weight is 466 g/mol. The Bertz CT molecular complexity index is 1360. The Morgan fingerprint density at radius 3 is 2.23 bits per heavy atom. The number of carbonyl (C=O) groups excluding carboxylic acids is 2. The first-order chi connectivity index (χ1) is 17.1. The van der Waals surface area contributed by atoms with E-state index in [9.17, 15) is 9.59 Å². The molecule has 2 saturated heterocycles. The molecule has 2 aliphatic heterocycles. The molecule has 1 N–H and O–H groups in total. The van der Waals surface area contributed by atoms with Crippen LogP contribution in [0.1, 0.15) is 27.3 Å². The number of hydrogen-bond acceptors (Lipinski definition) is 4. The van der Waals surface area contributed by atoms with E-state index in [0.29, 0.717) is 25.4 Å². The highest BCUT2D eigenvalue weighted by molar-refractivity contribution is 5.97. The van der Waals surface area contributed by atoms with Crippen LogP contribution in [0.5, 0.6) is 0 Å². The van der Waals surface area contributed by atoms with Gasteiger partial charge in [-0.15, -0.1) is 0 Å². The fourth-order valence-electron chi connectivity index (χ4n) is 5.04. The van der Waals surface area contributed by atoms with E-state index in [2.05, 4.69) is 23.5 Å². The molecule has 2 amide bonds. The molecular weight excluding hydrogens is 438 g/mol. The Kier molecular flexibility index (Phi) is 5.58. The molecule has 6 heteroatoms. The van der Waals surface area contributed by atoms with Gasteiger partial charge in [0.25, 0.3) is 11.8 Å². The van der Waals surface area contributed by atoms with Gasteiger partial charge < -0.3 is 19.5 Å². The summed E-state index contributed by atoms with van der Waals surface area (Å²) < 4.78 is 5.87. The number of carbonyl (C=O) groups is 2. The number of benzene rings is 3. The monoisotopic (exact) mass is 465 g/mol. The molecule has 2 fully saturated rings. The van der Waals surface area contributed by atoms with Gasteiger partial charge in [0, 0.05) is 49.2 Å². The van der Waals surface area contributed by atoms with Crippen molar-refractivity contribution >= 4 is 22.8 Å². The van der Waals surface area contributed by atoms with Crippen molar-refractivity contribution in [3.8, 4) is 11.1 Å². The molecule has 6 rings (SSSR count). The Morgan fingerprint density at radius 2 is 1.46 bits per heavy atom. The van der Waals surface area contributed by atoms with E-state index in [1.807, 2.05) is 76.5 Å². The first kappa shape index (κ1) is 21.6. The zero-order chi connectivity index (χ0) is 23.8. The fraction of sp³-hybridized carbons (Fsp3) is 0.241. The Labute approximate surface area is 204 Å². The van der Waals surface area contributed by atoms with Crippen molar-refractivity contribution in [3.05, 3.63) is 96.3 Å². The van der Waals surface area contributed by atoms with Gasteiger partial charge >= 0.3 is 0 Å². The zero-order valence-corrected chi connectivity index (χ0v) is 19.4. The van der Waals surface area contributed by atoms with E-state index >= 15 is 0 Å². The zero-order valence-electron chi connectivity index (χ0n) is 19.4. The topological polar surface area (TPSA) is 65.8 Å². The lowest BCUT2D eigenvalue weighted by atomic mass is 10.0. The van der Waals surface area contributed by atoms with Gasteiger partial charge in [-0.2, -0.15) is 0 Å². The van der Waals surface area contributed by atoms with Crippen molar-refractivity contribution in [1.29, 1.82) is 0 Å². The molecule has 3 heterocycles. The second-order valence-corrected chi connectivity index (χ2v) is 9.41. The van der Waals surface area contributed by atoms with Crippen molar-refractivity contribution < 1.29 is 14.0 Å². The van der Waals surface area contributed by atoms with E-state index in [1.165, 1.54) is 0 Å². The minimum atomic E-state index is -0.0761. The van der Waals surface area contributed by atoms with Crippen LogP contribution in [-0.2, 0) is 0 Å². The van der Waals surface area contributed by atoms with Crippen LogP contribution in [0.15, 0.2) is 89.3 Å². The van der Waals surface area contributed by atoms with E-state index in [0.717, 1.165) is 40.6 Å². The van der Waals surface area contributed by atoms with Crippen LogP contribution in [-0.4, -0.2) is 59.9 Å². The Morgan fingerprint density at radius 1 is 0.743 bits per heavy atom. The summed E-state index contributed by atoms with van der Waals surface area (Å²) >= 11 is 0. The number of nitrogens with one attached hydrogen (secondary N) is 1. The summed E-state index contributed by atoms with van der Waals surface area (Å²) in [5, 5.41) is 4.55. The van der Waals surface area contributed by atoms with Crippen LogP contribution < -0.4 is 5.32 Å². The predicted octanol–water partition coefficient (Wildman–Crippen LogP) is 4.43. The number of likely N-dealkylation sites (tertiary alicyclic amines) is 2. The van der Waals surface area contributed by atoms with Gasteiger partial charge in [0.15, 0.2) is 5.76 Å². The van der Waals surface area contributed by atoms with Crippen molar-refractivity contribution in [3.63, 3.8) is 0 Å². The quantitative estimate of drug-likeness (QED) is 0.474. The second-order valence-electron chi connectivity index (χ2n) is 9.41. The van der Waals surface area contributed by atoms with Crippen LogP contribution in [0.2, 0.25) is 0 Å². The van der Waals surface area contributed by atoms with Gasteiger partial charge in [0.2, 0.25) is 0 Å². The molecule has 2 aliphatic rings. The van der Waals surface area contributed by atoms with Crippen LogP contribution in [0.25, 0.3) is 22.1 Å². The first-order valence-electron chi connectivity index (χ1n) is 12.1. The molecule has 35 heavy (non-hydrogen) atoms. The first-order valence-corrected chi connectivity index (χ1v) is 12.1. The van der Waals surface area contributed by atoms with Gasteiger partial charge in [0.1, 0.15) is 5.58 Å². The molecule has 0 saturated carbocycles. The van der Waals surface area contributed by atoms with Gasteiger partial charge in [-0.25, -0.2) is 0 Å². The lowest BCUT2D eigenvalue weighted by Crippen LogP contribution is -2.62. The van der Waals surface area contributed by atoms with Crippen molar-refractivity contribution in [2.45, 2.75) is 18.5 Å². The van der Waals surface area contributed by atoms with Crippen LogP contribution in [0, 0.1) is 0 Å². The summed E-state index contributed by atoms with van der Waals surface area (Å²) in [5.41, 5.74) is 3.69. The SMILES string of the molecule is O=C(c1ccccc1)N1CC[C@H](NC2CN(C(=O)c3cc4cc(-c5ccccc5)ccc4o3)C2)C1. The molecular formula is C29H27N3O3. The molecule has 1 aromatic heterocycles. The highest BCUT2D eigenvalue weighted by Gasteiger charge is 2.36. The summed E-state index contributed by atoms with van der Waals surface area (Å²) in [7, 11) is 0. The minimum Gasteiger partial charge on any atom is -0.451 e. The van der Waals surface area contributed by atoms with Crippen LogP contribution >= 0.6 is 0 Å². The summed E-state index contributed by atoms with van der Waals surface area (Å²) in [6.45, 7) is 2.75. The molecule has 6 nitrogen and oxygen atoms in total. The van der Waals surface area contributed by atoms with Crippen molar-refractivity contribution in [2.24, 2.45) is 0 Å². The van der Waals surface area contributed by atoms with E-state index in [-0.39, 0.29) is 23.9 Å². The fourth-order valence-corrected chi connectivity index (χ4v) is 5.04. The summed E-state index contributed by atoms with van der Waals surface area (Å²) in [6, 6.07) is 27.9. The molecule has 0 unspecified atom stereocenters. The molecule has 3 aromatic carbocycles. The second kappa shape index (κ2) is 9.04. The van der Waals surface area contributed by atoms with Crippen molar-refractivity contribution in [1.82, 2.24) is 15.1 Å². The Balaban J connectivity index is 1.04. The average Bonchev–Trinajstić information content (AvgIpc) is 3.53. The van der Waals surface area contributed by atoms with Crippen LogP contribution in [0.4, 0.5) is 0 Å². The molecule has 0 bridgehead atoms. The lowest BCUT2D eigenvalue weighted by Gasteiger charge is -2.40. The normalized spacial score (nSPS) is 18.1. The Hall–Kier alpha value is -3.90. The highest BCUT2D eigenvalue weighted by Crippen LogP contribution is 2.28.